The van der Waals surface area contributed by atoms with E-state index in [1.54, 1.807) is 4.68 Å². The summed E-state index contributed by atoms with van der Waals surface area (Å²) in [5.41, 5.74) is -0.528. The molecule has 1 aliphatic heterocycles. The zero-order valence-electron chi connectivity index (χ0n) is 12.1. The zero-order chi connectivity index (χ0) is 14.9. The van der Waals surface area contributed by atoms with Crippen molar-refractivity contribution in [2.45, 2.75) is 44.2 Å². The van der Waals surface area contributed by atoms with Crippen molar-refractivity contribution in [3.8, 4) is 5.88 Å². The third kappa shape index (κ3) is 2.36. The predicted octanol–water partition coefficient (Wildman–Crippen LogP) is 0.881. The van der Waals surface area contributed by atoms with Gasteiger partial charge in [0.25, 0.3) is 5.91 Å². The van der Waals surface area contributed by atoms with Crippen molar-refractivity contribution in [3.05, 3.63) is 11.8 Å². The molecule has 114 valence electrons. The normalized spacial score (nSPS) is 19.5. The van der Waals surface area contributed by atoms with Crippen LogP contribution in [0, 0.1) is 0 Å². The summed E-state index contributed by atoms with van der Waals surface area (Å²) in [5.74, 6) is -0.225. The smallest absolute Gasteiger partial charge is 0.331 e. The van der Waals surface area contributed by atoms with Gasteiger partial charge in [-0.3, -0.25) is 4.79 Å². The van der Waals surface area contributed by atoms with Gasteiger partial charge in [0.05, 0.1) is 19.9 Å². The van der Waals surface area contributed by atoms with E-state index in [1.807, 2.05) is 0 Å². The molecule has 7 nitrogen and oxygen atoms in total. The number of amides is 1. The Morgan fingerprint density at radius 3 is 2.86 bits per heavy atom. The van der Waals surface area contributed by atoms with E-state index in [9.17, 15) is 9.59 Å². The molecular formula is C14H19N3O4. The van der Waals surface area contributed by atoms with Gasteiger partial charge in [-0.2, -0.15) is 5.10 Å². The lowest BCUT2D eigenvalue weighted by Gasteiger charge is -2.27. The molecule has 1 N–H and O–H groups in total. The Hall–Kier alpha value is -2.05. The van der Waals surface area contributed by atoms with Crippen LogP contribution in [0.1, 0.15) is 42.5 Å². The molecule has 0 saturated heterocycles. The van der Waals surface area contributed by atoms with E-state index in [-0.39, 0.29) is 11.9 Å². The van der Waals surface area contributed by atoms with Crippen molar-refractivity contribution < 1.29 is 19.1 Å². The first-order valence-corrected chi connectivity index (χ1v) is 7.26. The average molecular weight is 293 g/mol. The molecule has 2 aliphatic rings. The predicted molar refractivity (Wildman–Crippen MR) is 73.0 cm³/mol. The van der Waals surface area contributed by atoms with Crippen molar-refractivity contribution in [3.63, 3.8) is 0 Å². The van der Waals surface area contributed by atoms with Gasteiger partial charge in [0.2, 0.25) is 5.88 Å². The number of nitrogens with zero attached hydrogens (tertiary/aromatic N) is 2. The minimum absolute atomic E-state index is 0.328. The lowest BCUT2D eigenvalue weighted by Crippen LogP contribution is -2.53. The van der Waals surface area contributed by atoms with E-state index in [1.165, 1.54) is 13.3 Å². The number of hydrogen-bond donors (Lipinski definition) is 1. The minimum Gasteiger partial charge on any atom is -0.477 e. The van der Waals surface area contributed by atoms with Crippen LogP contribution in [0.25, 0.3) is 0 Å². The molecule has 0 aromatic carbocycles. The summed E-state index contributed by atoms with van der Waals surface area (Å²) in [4.78, 5) is 24.5. The molecule has 2 heterocycles. The van der Waals surface area contributed by atoms with Crippen LogP contribution < -0.4 is 10.1 Å². The van der Waals surface area contributed by atoms with Gasteiger partial charge in [-0.1, -0.05) is 12.8 Å². The molecule has 1 fully saturated rings. The van der Waals surface area contributed by atoms with E-state index in [2.05, 4.69) is 10.4 Å². The van der Waals surface area contributed by atoms with E-state index in [0.29, 0.717) is 30.9 Å². The number of nitrogens with one attached hydrogen (secondary N) is 1. The average Bonchev–Trinajstić information content (AvgIpc) is 3.13. The molecule has 0 bridgehead atoms. The van der Waals surface area contributed by atoms with E-state index >= 15 is 0 Å². The summed E-state index contributed by atoms with van der Waals surface area (Å²) in [6.45, 7) is 1.32. The van der Waals surface area contributed by atoms with Gasteiger partial charge < -0.3 is 14.8 Å². The summed E-state index contributed by atoms with van der Waals surface area (Å²) >= 11 is 0. The maximum Gasteiger partial charge on any atom is 0.331 e. The van der Waals surface area contributed by atoms with E-state index < -0.39 is 5.54 Å². The maximum absolute atomic E-state index is 12.5. The Balaban J connectivity index is 1.82. The summed E-state index contributed by atoms with van der Waals surface area (Å²) in [5, 5.41) is 7.00. The van der Waals surface area contributed by atoms with Crippen LogP contribution in [0.3, 0.4) is 0 Å². The van der Waals surface area contributed by atoms with Crippen LogP contribution >= 0.6 is 0 Å². The number of esters is 1. The quantitative estimate of drug-likeness (QED) is 0.837. The fraction of sp³-hybridized carbons (Fsp3) is 0.643. The molecule has 3 rings (SSSR count). The van der Waals surface area contributed by atoms with Crippen LogP contribution in [-0.2, 0) is 16.1 Å². The van der Waals surface area contributed by atoms with Crippen molar-refractivity contribution in [1.82, 2.24) is 15.1 Å². The van der Waals surface area contributed by atoms with Crippen LogP contribution in [0.4, 0.5) is 0 Å². The van der Waals surface area contributed by atoms with Gasteiger partial charge in [0, 0.05) is 13.0 Å². The second-order valence-electron chi connectivity index (χ2n) is 5.52. The highest BCUT2D eigenvalue weighted by Gasteiger charge is 2.44. The molecule has 1 amide bonds. The van der Waals surface area contributed by atoms with Gasteiger partial charge >= 0.3 is 5.97 Å². The van der Waals surface area contributed by atoms with Crippen molar-refractivity contribution in [2.75, 3.05) is 13.7 Å². The number of carbonyl (C=O) groups excluding carboxylic acids is 2. The molecule has 1 aromatic heterocycles. The molecule has 21 heavy (non-hydrogen) atoms. The Bertz CT molecular complexity index is 561. The van der Waals surface area contributed by atoms with E-state index in [0.717, 1.165) is 25.8 Å². The van der Waals surface area contributed by atoms with Crippen LogP contribution in [0.15, 0.2) is 6.20 Å². The van der Waals surface area contributed by atoms with Crippen molar-refractivity contribution in [1.29, 1.82) is 0 Å². The van der Waals surface area contributed by atoms with Crippen molar-refractivity contribution >= 4 is 11.9 Å². The highest BCUT2D eigenvalue weighted by atomic mass is 16.5. The van der Waals surface area contributed by atoms with Gasteiger partial charge in [-0.15, -0.1) is 0 Å². The molecule has 1 saturated carbocycles. The van der Waals surface area contributed by atoms with Gasteiger partial charge in [0.1, 0.15) is 11.1 Å². The molecule has 7 heteroatoms. The molecule has 0 spiro atoms. The number of rotatable bonds is 3. The first-order valence-electron chi connectivity index (χ1n) is 7.26. The highest BCUT2D eigenvalue weighted by Crippen LogP contribution is 2.32. The molecule has 0 atom stereocenters. The van der Waals surface area contributed by atoms with Gasteiger partial charge in [-0.25, -0.2) is 9.48 Å². The molecular weight excluding hydrogens is 274 g/mol. The van der Waals surface area contributed by atoms with Crippen LogP contribution in [-0.4, -0.2) is 40.9 Å². The Morgan fingerprint density at radius 2 is 2.14 bits per heavy atom. The third-order valence-corrected chi connectivity index (χ3v) is 4.17. The number of methoxy groups -OCH3 is 1. The lowest BCUT2D eigenvalue weighted by atomic mass is 9.97. The first kappa shape index (κ1) is 13.9. The van der Waals surface area contributed by atoms with E-state index in [4.69, 9.17) is 9.47 Å². The summed E-state index contributed by atoms with van der Waals surface area (Å²) in [7, 11) is 1.35. The summed E-state index contributed by atoms with van der Waals surface area (Å²) in [6, 6.07) is 0. The maximum atomic E-state index is 12.5. The molecule has 1 aliphatic carbocycles. The largest absolute Gasteiger partial charge is 0.477 e. The number of ether oxygens (including phenoxy) is 2. The van der Waals surface area contributed by atoms with Crippen LogP contribution in [0.5, 0.6) is 5.88 Å². The molecule has 1 aromatic rings. The van der Waals surface area contributed by atoms with Crippen molar-refractivity contribution in [2.24, 2.45) is 0 Å². The number of carbonyl (C=O) groups is 2. The number of aryl methyl sites for hydroxylation is 1. The summed E-state index contributed by atoms with van der Waals surface area (Å²) < 4.78 is 12.1. The number of aromatic nitrogens is 2. The topological polar surface area (TPSA) is 82.5 Å². The van der Waals surface area contributed by atoms with Gasteiger partial charge in [0.15, 0.2) is 0 Å². The molecule has 0 radical (unpaired) electrons. The minimum atomic E-state index is -0.907. The highest BCUT2D eigenvalue weighted by molar-refractivity contribution is 5.99. The molecule has 0 unspecified atom stereocenters. The van der Waals surface area contributed by atoms with Crippen LogP contribution in [0.2, 0.25) is 0 Å². The standard InChI is InChI=1S/C14H19N3O4/c1-20-13(19)14(5-2-3-6-14)16-11(18)10-9-15-17-7-4-8-21-12(10)17/h9H,2-8H2,1H3,(H,16,18). The first-order chi connectivity index (χ1) is 10.2. The fourth-order valence-corrected chi connectivity index (χ4v) is 3.06. The zero-order valence-corrected chi connectivity index (χ0v) is 12.1. The summed E-state index contributed by atoms with van der Waals surface area (Å²) in [6.07, 6.45) is 5.39. The monoisotopic (exact) mass is 293 g/mol. The number of fused-ring (bicyclic) bond motifs is 1. The Labute approximate surface area is 122 Å². The number of hydrogen-bond acceptors (Lipinski definition) is 5. The SMILES string of the molecule is COC(=O)C1(NC(=O)c2cnn3c2OCCC3)CCCC1. The van der Waals surface area contributed by atoms with Gasteiger partial charge in [-0.05, 0) is 12.8 Å². The second-order valence-corrected chi connectivity index (χ2v) is 5.52. The third-order valence-electron chi connectivity index (χ3n) is 4.17. The second kappa shape index (κ2) is 5.38. The fourth-order valence-electron chi connectivity index (χ4n) is 3.06. The Morgan fingerprint density at radius 1 is 1.38 bits per heavy atom. The Kier molecular flexibility index (Phi) is 3.57. The lowest BCUT2D eigenvalue weighted by molar-refractivity contribution is -0.148.